The average Bonchev–Trinajstić information content (AvgIpc) is 2.96. The first-order chi connectivity index (χ1) is 9.42. The number of hydrogen-bond acceptors (Lipinski definition) is 2. The molecule has 3 aromatic rings. The van der Waals surface area contributed by atoms with Gasteiger partial charge in [-0.2, -0.15) is 0 Å². The summed E-state index contributed by atoms with van der Waals surface area (Å²) in [5.74, 6) is 0. The van der Waals surface area contributed by atoms with Gasteiger partial charge >= 0.3 is 0 Å². The van der Waals surface area contributed by atoms with Gasteiger partial charge < -0.3 is 0 Å². The highest BCUT2D eigenvalue weighted by atomic mass is 15.4. The first-order valence-electron chi connectivity index (χ1n) is 6.42. The van der Waals surface area contributed by atoms with Crippen LogP contribution in [0.15, 0.2) is 66.9 Å². The Morgan fingerprint density at radius 2 is 1.47 bits per heavy atom. The Hall–Kier alpha value is -2.42. The van der Waals surface area contributed by atoms with Gasteiger partial charge in [0.05, 0.1) is 17.6 Å². The molecule has 0 bridgehead atoms. The average molecular weight is 249 g/mol. The van der Waals surface area contributed by atoms with Crippen LogP contribution in [0.5, 0.6) is 0 Å². The molecule has 0 aliphatic carbocycles. The minimum absolute atomic E-state index is 0.914. The van der Waals surface area contributed by atoms with Crippen LogP contribution in [0.4, 0.5) is 0 Å². The lowest BCUT2D eigenvalue weighted by molar-refractivity contribution is 0.794. The monoisotopic (exact) mass is 249 g/mol. The largest absolute Gasteiger partial charge is 0.220 e. The number of para-hydroxylation sites is 1. The molecule has 19 heavy (non-hydrogen) atoms. The Morgan fingerprint density at radius 3 is 2.21 bits per heavy atom. The molecule has 0 saturated heterocycles. The summed E-state index contributed by atoms with van der Waals surface area (Å²) in [7, 11) is 0. The van der Waals surface area contributed by atoms with Crippen LogP contribution in [0, 0.1) is 0 Å². The summed E-state index contributed by atoms with van der Waals surface area (Å²) < 4.78 is 1.82. The standard InChI is InChI=1S/C16H15N3/c1-3-7-14(8-4-1)11-12-15-13-19(18-17-15)16-9-5-2-6-10-16/h1-10,13H,11-12H2. The van der Waals surface area contributed by atoms with Crippen molar-refractivity contribution in [1.29, 1.82) is 0 Å². The highest BCUT2D eigenvalue weighted by Crippen LogP contribution is 2.08. The van der Waals surface area contributed by atoms with E-state index in [0.717, 1.165) is 24.2 Å². The highest BCUT2D eigenvalue weighted by Gasteiger charge is 2.02. The molecule has 3 heteroatoms. The number of hydrogen-bond donors (Lipinski definition) is 0. The Morgan fingerprint density at radius 1 is 0.789 bits per heavy atom. The van der Waals surface area contributed by atoms with Crippen LogP contribution in [0.25, 0.3) is 5.69 Å². The van der Waals surface area contributed by atoms with Gasteiger partial charge in [-0.1, -0.05) is 53.7 Å². The molecule has 0 aliphatic rings. The smallest absolute Gasteiger partial charge is 0.0835 e. The van der Waals surface area contributed by atoms with Crippen LogP contribution < -0.4 is 0 Å². The number of aryl methyl sites for hydroxylation is 2. The molecule has 0 radical (unpaired) electrons. The molecule has 0 N–H and O–H groups in total. The molecule has 0 atom stereocenters. The minimum Gasteiger partial charge on any atom is -0.220 e. The van der Waals surface area contributed by atoms with Gasteiger partial charge in [-0.25, -0.2) is 4.68 Å². The number of nitrogens with zero attached hydrogens (tertiary/aromatic N) is 3. The van der Waals surface area contributed by atoms with Crippen LogP contribution in [0.3, 0.4) is 0 Å². The lowest BCUT2D eigenvalue weighted by atomic mass is 10.1. The molecular weight excluding hydrogens is 234 g/mol. The van der Waals surface area contributed by atoms with E-state index in [-0.39, 0.29) is 0 Å². The molecule has 0 fully saturated rings. The van der Waals surface area contributed by atoms with Crippen LogP contribution in [0.2, 0.25) is 0 Å². The van der Waals surface area contributed by atoms with E-state index in [4.69, 9.17) is 0 Å². The molecule has 3 rings (SSSR count). The predicted molar refractivity (Wildman–Crippen MR) is 75.2 cm³/mol. The Kier molecular flexibility index (Phi) is 3.36. The molecule has 1 heterocycles. The lowest BCUT2D eigenvalue weighted by Crippen LogP contribution is -1.93. The molecule has 1 aromatic heterocycles. The van der Waals surface area contributed by atoms with Gasteiger partial charge in [-0.3, -0.25) is 0 Å². The molecule has 2 aromatic carbocycles. The summed E-state index contributed by atoms with van der Waals surface area (Å²) in [6, 6.07) is 20.5. The molecule has 0 spiro atoms. The SMILES string of the molecule is c1ccc(CCc2cn(-c3ccccc3)nn2)cc1. The van der Waals surface area contributed by atoms with Crippen molar-refractivity contribution in [1.82, 2.24) is 15.0 Å². The topological polar surface area (TPSA) is 30.7 Å². The third kappa shape index (κ3) is 2.88. The molecule has 0 unspecified atom stereocenters. The maximum absolute atomic E-state index is 4.22. The fourth-order valence-corrected chi connectivity index (χ4v) is 2.04. The van der Waals surface area contributed by atoms with Gasteiger partial charge in [0.2, 0.25) is 0 Å². The maximum Gasteiger partial charge on any atom is 0.0835 e. The van der Waals surface area contributed by atoms with E-state index in [1.807, 2.05) is 47.3 Å². The first-order valence-corrected chi connectivity index (χ1v) is 6.42. The van der Waals surface area contributed by atoms with Crippen molar-refractivity contribution in [3.05, 3.63) is 78.1 Å². The van der Waals surface area contributed by atoms with Crippen LogP contribution >= 0.6 is 0 Å². The van der Waals surface area contributed by atoms with Crippen LogP contribution in [0.1, 0.15) is 11.3 Å². The van der Waals surface area contributed by atoms with E-state index in [1.54, 1.807) is 0 Å². The van der Waals surface area contributed by atoms with E-state index in [9.17, 15) is 0 Å². The predicted octanol–water partition coefficient (Wildman–Crippen LogP) is 3.05. The fraction of sp³-hybridized carbons (Fsp3) is 0.125. The van der Waals surface area contributed by atoms with Gasteiger partial charge in [-0.15, -0.1) is 5.10 Å². The minimum atomic E-state index is 0.914. The van der Waals surface area contributed by atoms with E-state index >= 15 is 0 Å². The summed E-state index contributed by atoms with van der Waals surface area (Å²) in [6.45, 7) is 0. The van der Waals surface area contributed by atoms with Crippen molar-refractivity contribution >= 4 is 0 Å². The molecule has 3 nitrogen and oxygen atoms in total. The molecule has 0 saturated carbocycles. The van der Waals surface area contributed by atoms with Gasteiger partial charge in [0.25, 0.3) is 0 Å². The van der Waals surface area contributed by atoms with Crippen molar-refractivity contribution in [2.75, 3.05) is 0 Å². The van der Waals surface area contributed by atoms with Gasteiger partial charge in [-0.05, 0) is 30.5 Å². The van der Waals surface area contributed by atoms with E-state index in [2.05, 4.69) is 34.6 Å². The molecule has 0 amide bonds. The highest BCUT2D eigenvalue weighted by molar-refractivity contribution is 5.30. The third-order valence-corrected chi connectivity index (χ3v) is 3.07. The zero-order valence-electron chi connectivity index (χ0n) is 10.6. The van der Waals surface area contributed by atoms with E-state index < -0.39 is 0 Å². The zero-order valence-corrected chi connectivity index (χ0v) is 10.6. The Balaban J connectivity index is 1.69. The zero-order chi connectivity index (χ0) is 12.9. The normalized spacial score (nSPS) is 10.5. The maximum atomic E-state index is 4.22. The van der Waals surface area contributed by atoms with Crippen molar-refractivity contribution in [2.24, 2.45) is 0 Å². The van der Waals surface area contributed by atoms with Gasteiger partial charge in [0.1, 0.15) is 0 Å². The summed E-state index contributed by atoms with van der Waals surface area (Å²) >= 11 is 0. The number of aromatic nitrogens is 3. The molecule has 0 aliphatic heterocycles. The van der Waals surface area contributed by atoms with Crippen LogP contribution in [-0.2, 0) is 12.8 Å². The van der Waals surface area contributed by atoms with Crippen molar-refractivity contribution in [3.63, 3.8) is 0 Å². The number of rotatable bonds is 4. The summed E-state index contributed by atoms with van der Waals surface area (Å²) in [5, 5.41) is 8.39. The van der Waals surface area contributed by atoms with Crippen molar-refractivity contribution in [2.45, 2.75) is 12.8 Å². The Labute approximate surface area is 112 Å². The quantitative estimate of drug-likeness (QED) is 0.711. The summed E-state index contributed by atoms with van der Waals surface area (Å²) in [6.07, 6.45) is 3.91. The second kappa shape index (κ2) is 5.48. The fourth-order valence-electron chi connectivity index (χ4n) is 2.04. The van der Waals surface area contributed by atoms with Gasteiger partial charge in [0.15, 0.2) is 0 Å². The first kappa shape index (κ1) is 11.7. The second-order valence-electron chi connectivity index (χ2n) is 4.48. The van der Waals surface area contributed by atoms with Crippen molar-refractivity contribution < 1.29 is 0 Å². The summed E-state index contributed by atoms with van der Waals surface area (Å²) in [5.41, 5.74) is 3.39. The lowest BCUT2D eigenvalue weighted by Gasteiger charge is -1.98. The molecular formula is C16H15N3. The van der Waals surface area contributed by atoms with E-state index in [1.165, 1.54) is 5.56 Å². The third-order valence-electron chi connectivity index (χ3n) is 3.07. The number of benzene rings is 2. The Bertz CT molecular complexity index is 629. The van der Waals surface area contributed by atoms with E-state index in [0.29, 0.717) is 0 Å². The summed E-state index contributed by atoms with van der Waals surface area (Å²) in [4.78, 5) is 0. The van der Waals surface area contributed by atoms with Crippen LogP contribution in [-0.4, -0.2) is 15.0 Å². The molecule has 94 valence electrons. The second-order valence-corrected chi connectivity index (χ2v) is 4.48. The van der Waals surface area contributed by atoms with Gasteiger partial charge in [0, 0.05) is 0 Å². The van der Waals surface area contributed by atoms with Crippen molar-refractivity contribution in [3.8, 4) is 5.69 Å².